The van der Waals surface area contributed by atoms with Gasteiger partial charge in [0.25, 0.3) is 5.91 Å². The van der Waals surface area contributed by atoms with Gasteiger partial charge in [0.1, 0.15) is 5.69 Å². The second-order valence-corrected chi connectivity index (χ2v) is 6.65. The zero-order chi connectivity index (χ0) is 21.8. The van der Waals surface area contributed by atoms with Crippen LogP contribution >= 0.6 is 0 Å². The number of hydrogen-bond donors (Lipinski definition) is 2. The van der Waals surface area contributed by atoms with Crippen molar-refractivity contribution in [2.75, 3.05) is 5.32 Å². The molecule has 7 heteroatoms. The van der Waals surface area contributed by atoms with Crippen molar-refractivity contribution in [3.63, 3.8) is 0 Å². The third kappa shape index (κ3) is 4.85. The quantitative estimate of drug-likeness (QED) is 0.625. The van der Waals surface area contributed by atoms with Crippen LogP contribution in [-0.4, -0.2) is 22.2 Å². The standard InChI is InChI=1S/C23H17F3N2O2/c1-22(30,23(24,25)26)18-9-12-20(13-10-18)28-21(29)17-6-4-5-16(15-17)8-11-19-7-2-3-14-27-19/h2-7,9-10,12-15,30H,1H3,(H,28,29). The number of halogens is 3. The molecule has 0 aliphatic carbocycles. The van der Waals surface area contributed by atoms with E-state index in [0.717, 1.165) is 12.1 Å². The van der Waals surface area contributed by atoms with Gasteiger partial charge >= 0.3 is 6.18 Å². The fourth-order valence-electron chi connectivity index (χ4n) is 2.56. The summed E-state index contributed by atoms with van der Waals surface area (Å²) in [5, 5.41) is 12.3. The molecular formula is C23H17F3N2O2. The van der Waals surface area contributed by atoms with Gasteiger partial charge in [0.15, 0.2) is 5.60 Å². The zero-order valence-electron chi connectivity index (χ0n) is 15.9. The number of nitrogens with one attached hydrogen (secondary N) is 1. The minimum absolute atomic E-state index is 0.298. The Hall–Kier alpha value is -3.63. The summed E-state index contributed by atoms with van der Waals surface area (Å²) in [4.78, 5) is 16.6. The van der Waals surface area contributed by atoms with Crippen molar-refractivity contribution in [3.05, 3.63) is 95.3 Å². The largest absolute Gasteiger partial charge is 0.421 e. The molecule has 3 rings (SSSR count). The lowest BCUT2D eigenvalue weighted by atomic mass is 9.95. The highest BCUT2D eigenvalue weighted by Crippen LogP contribution is 2.38. The molecule has 4 nitrogen and oxygen atoms in total. The highest BCUT2D eigenvalue weighted by Gasteiger charge is 2.51. The smallest absolute Gasteiger partial charge is 0.376 e. The Balaban J connectivity index is 1.73. The van der Waals surface area contributed by atoms with Crippen molar-refractivity contribution in [2.24, 2.45) is 0 Å². The molecule has 0 aliphatic rings. The van der Waals surface area contributed by atoms with Gasteiger partial charge in [-0.1, -0.05) is 30.2 Å². The zero-order valence-corrected chi connectivity index (χ0v) is 15.9. The number of alkyl halides is 3. The van der Waals surface area contributed by atoms with E-state index in [1.807, 2.05) is 6.07 Å². The third-order valence-corrected chi connectivity index (χ3v) is 4.38. The Kier molecular flexibility index (Phi) is 5.90. The normalized spacial score (nSPS) is 13.0. The number of nitrogens with zero attached hydrogens (tertiary/aromatic N) is 1. The van der Waals surface area contributed by atoms with Crippen molar-refractivity contribution in [3.8, 4) is 11.8 Å². The van der Waals surface area contributed by atoms with Crippen LogP contribution < -0.4 is 5.32 Å². The van der Waals surface area contributed by atoms with Gasteiger partial charge in [0, 0.05) is 23.0 Å². The second-order valence-electron chi connectivity index (χ2n) is 6.65. The summed E-state index contributed by atoms with van der Waals surface area (Å²) in [7, 11) is 0. The van der Waals surface area contributed by atoms with E-state index in [1.54, 1.807) is 42.6 Å². The maximum Gasteiger partial charge on any atom is 0.421 e. The molecule has 0 bridgehead atoms. The highest BCUT2D eigenvalue weighted by atomic mass is 19.4. The number of hydrogen-bond acceptors (Lipinski definition) is 3. The van der Waals surface area contributed by atoms with Crippen LogP contribution in [0.25, 0.3) is 0 Å². The first-order valence-electron chi connectivity index (χ1n) is 8.91. The summed E-state index contributed by atoms with van der Waals surface area (Å²) in [5.74, 6) is 5.39. The predicted molar refractivity (Wildman–Crippen MR) is 107 cm³/mol. The van der Waals surface area contributed by atoms with E-state index in [0.29, 0.717) is 29.4 Å². The number of carbonyl (C=O) groups is 1. The molecule has 1 unspecified atom stereocenters. The van der Waals surface area contributed by atoms with Crippen molar-refractivity contribution < 1.29 is 23.1 Å². The fourth-order valence-corrected chi connectivity index (χ4v) is 2.56. The summed E-state index contributed by atoms with van der Waals surface area (Å²) in [5.41, 5.74) is -1.44. The second kappa shape index (κ2) is 8.39. The number of pyridine rings is 1. The molecule has 152 valence electrons. The number of carbonyl (C=O) groups excluding carboxylic acids is 1. The van der Waals surface area contributed by atoms with Crippen LogP contribution in [0.2, 0.25) is 0 Å². The van der Waals surface area contributed by atoms with E-state index in [2.05, 4.69) is 22.1 Å². The number of benzene rings is 2. The molecule has 1 atom stereocenters. The first-order chi connectivity index (χ1) is 14.2. The summed E-state index contributed by atoms with van der Waals surface area (Å²) < 4.78 is 38.8. The lowest BCUT2D eigenvalue weighted by Crippen LogP contribution is -2.39. The Morgan fingerprint density at radius 3 is 2.37 bits per heavy atom. The fraction of sp³-hybridized carbons (Fsp3) is 0.130. The monoisotopic (exact) mass is 410 g/mol. The van der Waals surface area contributed by atoms with Gasteiger partial charge in [0.2, 0.25) is 0 Å². The van der Waals surface area contributed by atoms with E-state index in [1.165, 1.54) is 12.1 Å². The minimum Gasteiger partial charge on any atom is -0.376 e. The molecule has 1 aromatic heterocycles. The van der Waals surface area contributed by atoms with Crippen LogP contribution in [0.5, 0.6) is 0 Å². The summed E-state index contributed by atoms with van der Waals surface area (Å²) >= 11 is 0. The molecule has 2 N–H and O–H groups in total. The lowest BCUT2D eigenvalue weighted by molar-refractivity contribution is -0.258. The van der Waals surface area contributed by atoms with Crippen molar-refractivity contribution >= 4 is 11.6 Å². The van der Waals surface area contributed by atoms with Crippen molar-refractivity contribution in [1.29, 1.82) is 0 Å². The molecule has 2 aromatic carbocycles. The van der Waals surface area contributed by atoms with Crippen molar-refractivity contribution in [1.82, 2.24) is 4.98 Å². The first kappa shape index (κ1) is 21.1. The van der Waals surface area contributed by atoms with Gasteiger partial charge in [-0.2, -0.15) is 13.2 Å². The van der Waals surface area contributed by atoms with Gasteiger partial charge in [0.05, 0.1) is 0 Å². The van der Waals surface area contributed by atoms with Crippen molar-refractivity contribution in [2.45, 2.75) is 18.7 Å². The molecule has 3 aromatic rings. The molecule has 0 fully saturated rings. The van der Waals surface area contributed by atoms with Crippen LogP contribution in [0.3, 0.4) is 0 Å². The molecule has 1 heterocycles. The lowest BCUT2D eigenvalue weighted by Gasteiger charge is -2.26. The summed E-state index contributed by atoms with van der Waals surface area (Å²) in [6.45, 7) is 0.679. The SMILES string of the molecule is CC(O)(c1ccc(NC(=O)c2cccc(C#Cc3ccccn3)c2)cc1)C(F)(F)F. The number of anilines is 1. The Bertz CT molecular complexity index is 1100. The van der Waals surface area contributed by atoms with Gasteiger partial charge in [-0.25, -0.2) is 4.98 Å². The predicted octanol–water partition coefficient (Wildman–Crippen LogP) is 4.50. The van der Waals surface area contributed by atoms with Gasteiger partial charge in [-0.15, -0.1) is 0 Å². The van der Waals surface area contributed by atoms with Crippen LogP contribution in [0.4, 0.5) is 18.9 Å². The third-order valence-electron chi connectivity index (χ3n) is 4.38. The van der Waals surface area contributed by atoms with E-state index in [-0.39, 0.29) is 5.56 Å². The molecule has 0 aliphatic heterocycles. The Labute approximate surface area is 171 Å². The maximum absolute atomic E-state index is 12.9. The van der Waals surface area contributed by atoms with Crippen LogP contribution in [0, 0.1) is 11.8 Å². The van der Waals surface area contributed by atoms with E-state index in [9.17, 15) is 23.1 Å². The number of aromatic nitrogens is 1. The molecule has 0 saturated carbocycles. The topological polar surface area (TPSA) is 62.2 Å². The minimum atomic E-state index is -4.81. The van der Waals surface area contributed by atoms with Crippen LogP contribution in [0.1, 0.15) is 34.1 Å². The van der Waals surface area contributed by atoms with Crippen LogP contribution in [0.15, 0.2) is 72.9 Å². The molecule has 30 heavy (non-hydrogen) atoms. The Morgan fingerprint density at radius 2 is 1.73 bits per heavy atom. The Morgan fingerprint density at radius 1 is 1.00 bits per heavy atom. The molecule has 1 amide bonds. The van der Waals surface area contributed by atoms with Gasteiger partial charge in [-0.3, -0.25) is 4.79 Å². The van der Waals surface area contributed by atoms with E-state index < -0.39 is 17.7 Å². The summed E-state index contributed by atoms with van der Waals surface area (Å²) in [6.07, 6.45) is -3.18. The highest BCUT2D eigenvalue weighted by molar-refractivity contribution is 6.04. The van der Waals surface area contributed by atoms with E-state index >= 15 is 0 Å². The van der Waals surface area contributed by atoms with Crippen LogP contribution in [-0.2, 0) is 5.60 Å². The maximum atomic E-state index is 12.9. The van der Waals surface area contributed by atoms with Gasteiger partial charge < -0.3 is 10.4 Å². The number of rotatable bonds is 3. The average molecular weight is 410 g/mol. The number of amides is 1. The first-order valence-corrected chi connectivity index (χ1v) is 8.91. The molecule has 0 saturated heterocycles. The molecule has 0 radical (unpaired) electrons. The van der Waals surface area contributed by atoms with Gasteiger partial charge in [-0.05, 0) is 60.9 Å². The average Bonchev–Trinajstić information content (AvgIpc) is 2.73. The summed E-state index contributed by atoms with van der Waals surface area (Å²) in [6, 6.07) is 16.9. The van der Waals surface area contributed by atoms with E-state index in [4.69, 9.17) is 0 Å². The molecular weight excluding hydrogens is 393 g/mol. The molecule has 0 spiro atoms. The number of aliphatic hydroxyl groups is 1.